The highest BCUT2D eigenvalue weighted by molar-refractivity contribution is 5.93. The van der Waals surface area contributed by atoms with Crippen molar-refractivity contribution in [2.45, 2.75) is 26.3 Å². The van der Waals surface area contributed by atoms with Gasteiger partial charge in [-0.05, 0) is 26.5 Å². The van der Waals surface area contributed by atoms with Gasteiger partial charge in [-0.15, -0.1) is 0 Å². The van der Waals surface area contributed by atoms with Gasteiger partial charge in [0.05, 0.1) is 0 Å². The van der Waals surface area contributed by atoms with Crippen LogP contribution < -0.4 is 5.32 Å². The van der Waals surface area contributed by atoms with Crippen LogP contribution in [0.1, 0.15) is 20.3 Å². The van der Waals surface area contributed by atoms with Crippen molar-refractivity contribution >= 4 is 5.71 Å². The Labute approximate surface area is 62.0 Å². The SMILES string of the molecule is CNC(C)C1=NC=C(C)C1. The Morgan fingerprint density at radius 1 is 1.70 bits per heavy atom. The van der Waals surface area contributed by atoms with Crippen molar-refractivity contribution in [2.75, 3.05) is 7.05 Å². The first-order valence-electron chi connectivity index (χ1n) is 3.63. The molecule has 0 amide bonds. The van der Waals surface area contributed by atoms with Gasteiger partial charge >= 0.3 is 0 Å². The van der Waals surface area contributed by atoms with Crippen molar-refractivity contribution in [2.24, 2.45) is 4.99 Å². The van der Waals surface area contributed by atoms with Crippen LogP contribution in [0, 0.1) is 0 Å². The molecule has 1 aliphatic rings. The molecule has 0 aliphatic carbocycles. The smallest absolute Gasteiger partial charge is 0.0427 e. The van der Waals surface area contributed by atoms with Crippen LogP contribution in [0.3, 0.4) is 0 Å². The van der Waals surface area contributed by atoms with Crippen LogP contribution in [0.2, 0.25) is 0 Å². The number of nitrogens with zero attached hydrogens (tertiary/aromatic N) is 1. The number of allylic oxidation sites excluding steroid dienone is 1. The molecule has 0 fully saturated rings. The molecule has 1 N–H and O–H groups in total. The standard InChI is InChI=1S/C8H14N2/c1-6-4-8(10-5-6)7(2)9-3/h5,7,9H,4H2,1-3H3. The Kier molecular flexibility index (Phi) is 2.22. The lowest BCUT2D eigenvalue weighted by Gasteiger charge is -2.09. The summed E-state index contributed by atoms with van der Waals surface area (Å²) in [5.74, 6) is 0. The van der Waals surface area contributed by atoms with Crippen LogP contribution >= 0.6 is 0 Å². The Morgan fingerprint density at radius 2 is 2.40 bits per heavy atom. The molecule has 0 aromatic rings. The maximum atomic E-state index is 4.28. The summed E-state index contributed by atoms with van der Waals surface area (Å²) in [6.07, 6.45) is 2.99. The Balaban J connectivity index is 2.49. The zero-order valence-electron chi connectivity index (χ0n) is 6.81. The number of rotatable bonds is 2. The van der Waals surface area contributed by atoms with Crippen LogP contribution in [-0.2, 0) is 0 Å². The van der Waals surface area contributed by atoms with E-state index in [4.69, 9.17) is 0 Å². The summed E-state index contributed by atoms with van der Waals surface area (Å²) < 4.78 is 0. The topological polar surface area (TPSA) is 24.4 Å². The van der Waals surface area contributed by atoms with Gasteiger partial charge in [0.1, 0.15) is 0 Å². The lowest BCUT2D eigenvalue weighted by molar-refractivity contribution is 0.755. The fourth-order valence-electron chi connectivity index (χ4n) is 1.00. The zero-order chi connectivity index (χ0) is 7.56. The predicted octanol–water partition coefficient (Wildman–Crippen LogP) is 1.34. The van der Waals surface area contributed by atoms with Gasteiger partial charge in [-0.3, -0.25) is 4.99 Å². The molecule has 1 unspecified atom stereocenters. The van der Waals surface area contributed by atoms with Crippen molar-refractivity contribution in [3.8, 4) is 0 Å². The molecule has 0 aromatic heterocycles. The molecule has 10 heavy (non-hydrogen) atoms. The average Bonchev–Trinajstić information content (AvgIpc) is 2.34. The Bertz CT molecular complexity index is 180. The third-order valence-electron chi connectivity index (χ3n) is 1.84. The third-order valence-corrected chi connectivity index (χ3v) is 1.84. The van der Waals surface area contributed by atoms with Crippen molar-refractivity contribution < 1.29 is 0 Å². The van der Waals surface area contributed by atoms with Crippen molar-refractivity contribution in [3.05, 3.63) is 11.8 Å². The molecule has 0 spiro atoms. The maximum absolute atomic E-state index is 4.28. The Morgan fingerprint density at radius 3 is 2.80 bits per heavy atom. The van der Waals surface area contributed by atoms with Gasteiger partial charge in [0, 0.05) is 24.4 Å². The molecule has 2 heteroatoms. The van der Waals surface area contributed by atoms with Crippen LogP contribution in [-0.4, -0.2) is 18.8 Å². The summed E-state index contributed by atoms with van der Waals surface area (Å²) in [5.41, 5.74) is 2.61. The van der Waals surface area contributed by atoms with E-state index in [1.807, 2.05) is 13.2 Å². The van der Waals surface area contributed by atoms with Gasteiger partial charge in [-0.25, -0.2) is 0 Å². The summed E-state index contributed by atoms with van der Waals surface area (Å²) in [5, 5.41) is 3.16. The van der Waals surface area contributed by atoms with Crippen LogP contribution in [0.4, 0.5) is 0 Å². The predicted molar refractivity (Wildman–Crippen MR) is 44.3 cm³/mol. The van der Waals surface area contributed by atoms with E-state index in [0.29, 0.717) is 6.04 Å². The molecule has 0 saturated carbocycles. The van der Waals surface area contributed by atoms with Crippen molar-refractivity contribution in [1.29, 1.82) is 0 Å². The molecule has 1 heterocycles. The summed E-state index contributed by atoms with van der Waals surface area (Å²) in [6.45, 7) is 4.24. The molecule has 0 aromatic carbocycles. The second kappa shape index (κ2) is 2.97. The first-order valence-corrected chi connectivity index (χ1v) is 3.63. The third kappa shape index (κ3) is 1.45. The summed E-state index contributed by atoms with van der Waals surface area (Å²) in [7, 11) is 1.96. The average molecular weight is 138 g/mol. The van der Waals surface area contributed by atoms with Gasteiger partial charge in [0.15, 0.2) is 0 Å². The first kappa shape index (κ1) is 7.48. The minimum Gasteiger partial charge on any atom is -0.312 e. The minimum absolute atomic E-state index is 0.425. The van der Waals surface area contributed by atoms with Crippen LogP contribution in [0.15, 0.2) is 16.8 Å². The van der Waals surface area contributed by atoms with E-state index in [0.717, 1.165) is 6.42 Å². The lowest BCUT2D eigenvalue weighted by atomic mass is 10.1. The maximum Gasteiger partial charge on any atom is 0.0427 e. The Hall–Kier alpha value is -0.630. The van der Waals surface area contributed by atoms with Crippen molar-refractivity contribution in [3.63, 3.8) is 0 Å². The minimum atomic E-state index is 0.425. The largest absolute Gasteiger partial charge is 0.312 e. The van der Waals surface area contributed by atoms with Crippen LogP contribution in [0.25, 0.3) is 0 Å². The molecule has 56 valence electrons. The molecule has 1 aliphatic heterocycles. The normalized spacial score (nSPS) is 20.3. The van der Waals surface area contributed by atoms with E-state index in [-0.39, 0.29) is 0 Å². The van der Waals surface area contributed by atoms with Gasteiger partial charge < -0.3 is 5.32 Å². The molecule has 1 rings (SSSR count). The highest BCUT2D eigenvalue weighted by Crippen LogP contribution is 2.12. The van der Waals surface area contributed by atoms with E-state index in [1.165, 1.54) is 11.3 Å². The zero-order valence-corrected chi connectivity index (χ0v) is 6.81. The number of hydrogen-bond donors (Lipinski definition) is 1. The van der Waals surface area contributed by atoms with E-state index in [9.17, 15) is 0 Å². The molecular formula is C8H14N2. The van der Waals surface area contributed by atoms with Crippen molar-refractivity contribution in [1.82, 2.24) is 5.32 Å². The van der Waals surface area contributed by atoms with Gasteiger partial charge in [0.2, 0.25) is 0 Å². The fourth-order valence-corrected chi connectivity index (χ4v) is 1.00. The number of nitrogens with one attached hydrogen (secondary N) is 1. The first-order chi connectivity index (χ1) is 4.74. The van der Waals surface area contributed by atoms with Crippen LogP contribution in [0.5, 0.6) is 0 Å². The molecule has 0 saturated heterocycles. The van der Waals surface area contributed by atoms with Gasteiger partial charge in [-0.2, -0.15) is 0 Å². The highest BCUT2D eigenvalue weighted by atomic mass is 14.9. The molecule has 0 bridgehead atoms. The molecular weight excluding hydrogens is 124 g/mol. The number of hydrogen-bond acceptors (Lipinski definition) is 2. The highest BCUT2D eigenvalue weighted by Gasteiger charge is 2.11. The van der Waals surface area contributed by atoms with E-state index >= 15 is 0 Å². The monoisotopic (exact) mass is 138 g/mol. The molecule has 1 atom stereocenters. The molecule has 0 radical (unpaired) electrons. The second-order valence-corrected chi connectivity index (χ2v) is 2.78. The summed E-state index contributed by atoms with van der Waals surface area (Å²) in [6, 6.07) is 0.425. The lowest BCUT2D eigenvalue weighted by Crippen LogP contribution is -2.29. The fraction of sp³-hybridized carbons (Fsp3) is 0.625. The quantitative estimate of drug-likeness (QED) is 0.612. The summed E-state index contributed by atoms with van der Waals surface area (Å²) in [4.78, 5) is 4.28. The van der Waals surface area contributed by atoms with Gasteiger partial charge in [0.25, 0.3) is 0 Å². The summed E-state index contributed by atoms with van der Waals surface area (Å²) >= 11 is 0. The number of aliphatic imine (C=N–C) groups is 1. The van der Waals surface area contributed by atoms with E-state index in [2.05, 4.69) is 24.2 Å². The van der Waals surface area contributed by atoms with Gasteiger partial charge in [-0.1, -0.05) is 0 Å². The molecule has 2 nitrogen and oxygen atoms in total. The van der Waals surface area contributed by atoms with E-state index < -0.39 is 0 Å². The van der Waals surface area contributed by atoms with E-state index in [1.54, 1.807) is 0 Å². The second-order valence-electron chi connectivity index (χ2n) is 2.78.